The molecule has 0 saturated carbocycles. The van der Waals surface area contributed by atoms with Crippen molar-refractivity contribution in [3.05, 3.63) is 0 Å². The van der Waals surface area contributed by atoms with Crippen LogP contribution < -0.4 is 16.0 Å². The number of nitrogens with one attached hydrogen (secondary N) is 3. The van der Waals surface area contributed by atoms with Crippen LogP contribution in [0.3, 0.4) is 0 Å². The second-order valence-corrected chi connectivity index (χ2v) is 14.1. The van der Waals surface area contributed by atoms with Crippen LogP contribution >= 0.6 is 0 Å². The molecule has 0 unspecified atom stereocenters. The summed E-state index contributed by atoms with van der Waals surface area (Å²) in [5.41, 5.74) is 0. The van der Waals surface area contributed by atoms with Crippen molar-refractivity contribution in [3.63, 3.8) is 0 Å². The highest BCUT2D eigenvalue weighted by atomic mass is 16.5. The Morgan fingerprint density at radius 1 is 0.500 bits per heavy atom. The van der Waals surface area contributed by atoms with E-state index in [1.165, 1.54) is 6.92 Å². The fraction of sp³-hybridized carbons (Fsp3) is 0.833. The van der Waals surface area contributed by atoms with Crippen molar-refractivity contribution in [1.82, 2.24) is 16.0 Å². The molecule has 0 fully saturated rings. The van der Waals surface area contributed by atoms with Gasteiger partial charge in [-0.25, -0.2) is 4.79 Å². The predicted molar refractivity (Wildman–Crippen MR) is 220 cm³/mol. The summed E-state index contributed by atoms with van der Waals surface area (Å²) in [7, 11) is 0. The first-order valence-electron chi connectivity index (χ1n) is 21.5. The van der Waals surface area contributed by atoms with E-state index in [4.69, 9.17) is 24.1 Å². The molecule has 3 amide bonds. The van der Waals surface area contributed by atoms with Gasteiger partial charge in [-0.2, -0.15) is 0 Å². The Morgan fingerprint density at radius 2 is 1.03 bits per heavy atom. The minimum absolute atomic E-state index is 0.0285. The molecule has 0 aliphatic carbocycles. The molecular weight excluding hydrogens is 754 g/mol. The molecule has 0 aliphatic heterocycles. The fourth-order valence-corrected chi connectivity index (χ4v) is 5.42. The molecule has 0 bridgehead atoms. The second kappa shape index (κ2) is 43.1. The Morgan fingerprint density at radius 3 is 1.62 bits per heavy atom. The number of unbranched alkanes of at least 4 members (excludes halogenated alkanes) is 11. The lowest BCUT2D eigenvalue weighted by molar-refractivity contribution is -0.142. The van der Waals surface area contributed by atoms with Crippen LogP contribution in [0.25, 0.3) is 0 Å². The third-order valence-electron chi connectivity index (χ3n) is 8.74. The number of carbonyl (C=O) groups is 7. The number of rotatable bonds is 41. The monoisotopic (exact) mass is 832 g/mol. The highest BCUT2D eigenvalue weighted by molar-refractivity contribution is 5.84. The lowest BCUT2D eigenvalue weighted by atomic mass is 10.0. The van der Waals surface area contributed by atoms with Crippen molar-refractivity contribution in [3.8, 4) is 0 Å². The maximum Gasteiger partial charge on any atom is 0.326 e. The SMILES string of the molecule is CCC(=O)NCCCCCC(=O)COCCOCCNC(C)=O.CCOCCOCCCC(=O)CC[C@H](NC(=O)CCCCCCCCCCCCC(=O)O)C(=O)O. The molecule has 0 aliphatic rings. The number of aliphatic carboxylic acids is 2. The zero-order valence-electron chi connectivity index (χ0n) is 35.9. The Bertz CT molecular complexity index is 1090. The van der Waals surface area contributed by atoms with Gasteiger partial charge in [-0.1, -0.05) is 64.7 Å². The summed E-state index contributed by atoms with van der Waals surface area (Å²) in [6.45, 7) is 9.80. The third-order valence-corrected chi connectivity index (χ3v) is 8.74. The Kier molecular flexibility index (Phi) is 42.1. The van der Waals surface area contributed by atoms with Crippen molar-refractivity contribution in [2.45, 2.75) is 162 Å². The van der Waals surface area contributed by atoms with Crippen molar-refractivity contribution < 1.29 is 62.7 Å². The molecule has 0 aromatic carbocycles. The van der Waals surface area contributed by atoms with Crippen LogP contribution in [0.2, 0.25) is 0 Å². The first-order valence-corrected chi connectivity index (χ1v) is 21.5. The van der Waals surface area contributed by atoms with E-state index < -0.39 is 18.0 Å². The number of hydrogen-bond acceptors (Lipinski definition) is 11. The van der Waals surface area contributed by atoms with E-state index in [-0.39, 0.29) is 55.2 Å². The lowest BCUT2D eigenvalue weighted by Crippen LogP contribution is -2.41. The molecule has 16 heteroatoms. The summed E-state index contributed by atoms with van der Waals surface area (Å²) >= 11 is 0. The number of Topliss-reactive ketones (excluding diaryl/α,β-unsaturated/α-hetero) is 2. The average molecular weight is 832 g/mol. The number of ether oxygens (including phenoxy) is 4. The Hall–Kier alpha value is -3.47. The van der Waals surface area contributed by atoms with E-state index in [2.05, 4.69) is 16.0 Å². The molecule has 0 aromatic heterocycles. The summed E-state index contributed by atoms with van der Waals surface area (Å²) < 4.78 is 21.0. The molecule has 0 rings (SSSR count). The first-order chi connectivity index (χ1) is 27.9. The van der Waals surface area contributed by atoms with Gasteiger partial charge in [0, 0.05) is 71.8 Å². The fourth-order valence-electron chi connectivity index (χ4n) is 5.42. The van der Waals surface area contributed by atoms with E-state index in [0.29, 0.717) is 91.4 Å². The summed E-state index contributed by atoms with van der Waals surface area (Å²) in [5, 5.41) is 25.9. The number of carbonyl (C=O) groups excluding carboxylic acids is 5. The van der Waals surface area contributed by atoms with Crippen molar-refractivity contribution in [2.75, 3.05) is 65.9 Å². The largest absolute Gasteiger partial charge is 0.481 e. The van der Waals surface area contributed by atoms with Gasteiger partial charge >= 0.3 is 11.9 Å². The van der Waals surface area contributed by atoms with Gasteiger partial charge in [-0.15, -0.1) is 0 Å². The molecule has 16 nitrogen and oxygen atoms in total. The maximum atomic E-state index is 12.1. The van der Waals surface area contributed by atoms with Gasteiger partial charge in [0.25, 0.3) is 0 Å². The normalized spacial score (nSPS) is 11.2. The second-order valence-electron chi connectivity index (χ2n) is 14.1. The molecule has 0 saturated heterocycles. The van der Waals surface area contributed by atoms with E-state index in [9.17, 15) is 38.7 Å². The third kappa shape index (κ3) is 45.2. The quantitative estimate of drug-likeness (QED) is 0.0492. The minimum atomic E-state index is -1.12. The van der Waals surface area contributed by atoms with Gasteiger partial charge in [0.15, 0.2) is 5.78 Å². The van der Waals surface area contributed by atoms with Crippen LogP contribution in [-0.4, -0.2) is 123 Å². The first kappa shape index (κ1) is 56.6. The summed E-state index contributed by atoms with van der Waals surface area (Å²) in [4.78, 5) is 79.1. The van der Waals surface area contributed by atoms with Gasteiger partial charge in [0.2, 0.25) is 17.7 Å². The predicted octanol–water partition coefficient (Wildman–Crippen LogP) is 5.32. The molecule has 0 radical (unpaired) electrons. The van der Waals surface area contributed by atoms with E-state index in [1.54, 1.807) is 0 Å². The van der Waals surface area contributed by atoms with Crippen LogP contribution in [-0.2, 0) is 52.5 Å². The molecule has 0 heterocycles. The average Bonchev–Trinajstić information content (AvgIpc) is 3.18. The number of amides is 3. The minimum Gasteiger partial charge on any atom is -0.481 e. The van der Waals surface area contributed by atoms with Crippen molar-refractivity contribution in [1.29, 1.82) is 0 Å². The van der Waals surface area contributed by atoms with Gasteiger partial charge in [0.1, 0.15) is 18.4 Å². The topological polar surface area (TPSA) is 233 Å². The zero-order valence-corrected chi connectivity index (χ0v) is 35.9. The van der Waals surface area contributed by atoms with Crippen molar-refractivity contribution >= 4 is 41.2 Å². The molecule has 338 valence electrons. The van der Waals surface area contributed by atoms with Crippen LogP contribution in [0.15, 0.2) is 0 Å². The van der Waals surface area contributed by atoms with Crippen LogP contribution in [0, 0.1) is 0 Å². The molecule has 58 heavy (non-hydrogen) atoms. The number of hydrogen-bond donors (Lipinski definition) is 5. The van der Waals surface area contributed by atoms with Gasteiger partial charge in [-0.05, 0) is 45.4 Å². The van der Waals surface area contributed by atoms with Gasteiger partial charge in [0.05, 0.1) is 33.0 Å². The summed E-state index contributed by atoms with van der Waals surface area (Å²) in [6, 6.07) is -1.04. The smallest absolute Gasteiger partial charge is 0.326 e. The summed E-state index contributed by atoms with van der Waals surface area (Å²) in [5.74, 6) is -2.09. The van der Waals surface area contributed by atoms with Crippen LogP contribution in [0.5, 0.6) is 0 Å². The van der Waals surface area contributed by atoms with Gasteiger partial charge < -0.3 is 45.1 Å². The molecule has 0 spiro atoms. The number of ketones is 2. The highest BCUT2D eigenvalue weighted by Crippen LogP contribution is 2.12. The molecule has 1 atom stereocenters. The maximum absolute atomic E-state index is 12.1. The van der Waals surface area contributed by atoms with Gasteiger partial charge in [-0.3, -0.25) is 28.8 Å². The van der Waals surface area contributed by atoms with E-state index in [1.807, 2.05) is 13.8 Å². The Balaban J connectivity index is 0. The zero-order chi connectivity index (χ0) is 43.5. The summed E-state index contributed by atoms with van der Waals surface area (Å²) in [6.07, 6.45) is 15.3. The van der Waals surface area contributed by atoms with Crippen molar-refractivity contribution in [2.24, 2.45) is 0 Å². The molecule has 5 N–H and O–H groups in total. The van der Waals surface area contributed by atoms with Crippen LogP contribution in [0.1, 0.15) is 156 Å². The molecule has 0 aromatic rings. The van der Waals surface area contributed by atoms with Crippen LogP contribution in [0.4, 0.5) is 0 Å². The van der Waals surface area contributed by atoms with E-state index >= 15 is 0 Å². The Labute approximate surface area is 347 Å². The highest BCUT2D eigenvalue weighted by Gasteiger charge is 2.20. The van der Waals surface area contributed by atoms with E-state index in [0.717, 1.165) is 83.5 Å². The molecular formula is C42H77N3O13. The lowest BCUT2D eigenvalue weighted by Gasteiger charge is -2.14. The standard InChI is InChI=1S/C26H47NO8.C16H30N2O5/c1-2-34-20-21-35-19-13-14-22(28)17-18-23(26(32)33)27-24(29)15-11-9-7-5-3-4-6-8-10-12-16-25(30)31;1-3-16(21)18-8-6-4-5-7-15(20)13-23-12-11-22-10-9-17-14(2)19/h23H,2-21H2,1H3,(H,27,29)(H,30,31)(H,32,33);3-13H2,1-2H3,(H,17,19)(H,18,21)/t23-;/m0./s1. The number of carboxylic acids is 2. The number of carboxylic acid groups (broad SMARTS) is 2.